The maximum absolute atomic E-state index is 13.4. The minimum atomic E-state index is -0.0847. The molecule has 0 bridgehead atoms. The third kappa shape index (κ3) is 3.38. The number of piperidine rings is 1. The average Bonchev–Trinajstić information content (AvgIpc) is 3.26. The van der Waals surface area contributed by atoms with Crippen molar-refractivity contribution in [3.8, 4) is 5.69 Å². The Morgan fingerprint density at radius 2 is 2.00 bits per heavy atom. The zero-order chi connectivity index (χ0) is 21.6. The molecule has 2 aliphatic rings. The van der Waals surface area contributed by atoms with Crippen molar-refractivity contribution >= 4 is 11.9 Å². The van der Waals surface area contributed by atoms with Gasteiger partial charge in [0.25, 0.3) is 0 Å². The molecule has 0 saturated carbocycles. The minimum Gasteiger partial charge on any atom is -0.368 e. The van der Waals surface area contributed by atoms with Crippen LogP contribution in [0.4, 0.5) is 5.95 Å². The lowest BCUT2D eigenvalue weighted by Gasteiger charge is -2.40. The van der Waals surface area contributed by atoms with Crippen molar-refractivity contribution in [3.63, 3.8) is 0 Å². The van der Waals surface area contributed by atoms with Crippen LogP contribution in [0.15, 0.2) is 36.5 Å². The van der Waals surface area contributed by atoms with E-state index in [2.05, 4.69) is 9.97 Å². The molecule has 160 valence electrons. The van der Waals surface area contributed by atoms with Gasteiger partial charge in [0.15, 0.2) is 0 Å². The minimum absolute atomic E-state index is 0.0847. The summed E-state index contributed by atoms with van der Waals surface area (Å²) in [6.07, 6.45) is 6.23. The summed E-state index contributed by atoms with van der Waals surface area (Å²) in [6.45, 7) is 5.53. The summed E-state index contributed by atoms with van der Waals surface area (Å²) in [5.74, 6) is 0.483. The fraction of sp³-hybridized carbons (Fsp3) is 0.417. The lowest BCUT2D eigenvalue weighted by atomic mass is 9.77. The maximum atomic E-state index is 13.4. The summed E-state index contributed by atoms with van der Waals surface area (Å²) in [7, 11) is 0. The molecule has 2 N–H and O–H groups in total. The number of nitrogens with zero attached hydrogens (tertiary/aromatic N) is 5. The molecule has 5 rings (SSSR count). The molecule has 1 aromatic carbocycles. The molecule has 1 amide bonds. The first kappa shape index (κ1) is 19.7. The summed E-state index contributed by atoms with van der Waals surface area (Å²) in [5, 5.41) is 4.70. The summed E-state index contributed by atoms with van der Waals surface area (Å²) >= 11 is 0. The van der Waals surface area contributed by atoms with Crippen molar-refractivity contribution in [1.29, 1.82) is 0 Å². The first-order valence-corrected chi connectivity index (χ1v) is 11.0. The molecule has 2 aromatic heterocycles. The number of para-hydroxylation sites is 1. The normalized spacial score (nSPS) is 20.3. The van der Waals surface area contributed by atoms with Crippen LogP contribution in [0.5, 0.6) is 0 Å². The second-order valence-electron chi connectivity index (χ2n) is 8.87. The number of hydrogen-bond donors (Lipinski definition) is 1. The summed E-state index contributed by atoms with van der Waals surface area (Å²) < 4.78 is 1.93. The Bertz CT molecular complexity index is 1130. The summed E-state index contributed by atoms with van der Waals surface area (Å²) in [4.78, 5) is 24.1. The molecule has 1 aliphatic carbocycles. The molecule has 7 nitrogen and oxygen atoms in total. The average molecular weight is 417 g/mol. The topological polar surface area (TPSA) is 89.9 Å². The number of nitrogens with two attached hydrogens (primary N) is 1. The van der Waals surface area contributed by atoms with Gasteiger partial charge in [-0.1, -0.05) is 18.2 Å². The molecule has 3 aromatic rings. The number of carbonyl (C=O) groups is 1. The zero-order valence-electron chi connectivity index (χ0n) is 18.1. The number of amides is 1. The number of aryl methyl sites for hydroxylation is 2. The van der Waals surface area contributed by atoms with Crippen LogP contribution in [-0.4, -0.2) is 43.6 Å². The van der Waals surface area contributed by atoms with E-state index in [1.807, 2.05) is 60.0 Å². The van der Waals surface area contributed by atoms with Crippen LogP contribution < -0.4 is 5.73 Å². The van der Waals surface area contributed by atoms with Crippen molar-refractivity contribution < 1.29 is 4.79 Å². The van der Waals surface area contributed by atoms with Crippen LogP contribution in [0.1, 0.15) is 47.5 Å². The molecular formula is C24H28N6O. The molecule has 1 aliphatic heterocycles. The zero-order valence-corrected chi connectivity index (χ0v) is 18.1. The maximum Gasteiger partial charge on any atom is 0.227 e. The highest BCUT2D eigenvalue weighted by Gasteiger charge is 2.44. The Labute approximate surface area is 182 Å². The van der Waals surface area contributed by atoms with Crippen molar-refractivity contribution in [2.75, 3.05) is 18.8 Å². The van der Waals surface area contributed by atoms with Crippen LogP contribution in [0.3, 0.4) is 0 Å². The largest absolute Gasteiger partial charge is 0.368 e. The molecule has 1 fully saturated rings. The monoisotopic (exact) mass is 416 g/mol. The molecular weight excluding hydrogens is 388 g/mol. The van der Waals surface area contributed by atoms with Crippen LogP contribution in [0.25, 0.3) is 5.69 Å². The number of rotatable bonds is 3. The Hall–Kier alpha value is -3.22. The van der Waals surface area contributed by atoms with E-state index < -0.39 is 0 Å². The van der Waals surface area contributed by atoms with E-state index in [0.717, 1.165) is 60.6 Å². The third-order valence-electron chi connectivity index (χ3n) is 6.96. The summed E-state index contributed by atoms with van der Waals surface area (Å²) in [6, 6.07) is 10.1. The number of hydrogen-bond acceptors (Lipinski definition) is 5. The third-order valence-corrected chi connectivity index (χ3v) is 6.96. The quantitative estimate of drug-likeness (QED) is 0.709. The van der Waals surface area contributed by atoms with Crippen LogP contribution in [0.2, 0.25) is 0 Å². The van der Waals surface area contributed by atoms with Gasteiger partial charge in [-0.15, -0.1) is 0 Å². The van der Waals surface area contributed by atoms with Gasteiger partial charge in [0.2, 0.25) is 11.9 Å². The predicted molar refractivity (Wildman–Crippen MR) is 119 cm³/mol. The fourth-order valence-corrected chi connectivity index (χ4v) is 5.31. The second kappa shape index (κ2) is 7.48. The number of benzene rings is 1. The first-order chi connectivity index (χ1) is 15.0. The first-order valence-electron chi connectivity index (χ1n) is 11.0. The highest BCUT2D eigenvalue weighted by Crippen LogP contribution is 2.44. The highest BCUT2D eigenvalue weighted by molar-refractivity contribution is 5.79. The van der Waals surface area contributed by atoms with Crippen LogP contribution in [-0.2, 0) is 23.1 Å². The number of aromatic nitrogens is 4. The van der Waals surface area contributed by atoms with Crippen LogP contribution in [0, 0.1) is 13.8 Å². The van der Waals surface area contributed by atoms with Gasteiger partial charge in [-0.25, -0.2) is 14.6 Å². The van der Waals surface area contributed by atoms with Gasteiger partial charge < -0.3 is 10.6 Å². The van der Waals surface area contributed by atoms with Gasteiger partial charge in [-0.3, -0.25) is 4.79 Å². The van der Waals surface area contributed by atoms with Crippen molar-refractivity contribution in [3.05, 3.63) is 64.7 Å². The molecule has 31 heavy (non-hydrogen) atoms. The molecule has 1 unspecified atom stereocenters. The van der Waals surface area contributed by atoms with Gasteiger partial charge in [-0.05, 0) is 57.2 Å². The van der Waals surface area contributed by atoms with E-state index in [1.54, 1.807) is 0 Å². The van der Waals surface area contributed by atoms with Gasteiger partial charge in [0.1, 0.15) is 0 Å². The highest BCUT2D eigenvalue weighted by atomic mass is 16.2. The number of carbonyl (C=O) groups excluding carboxylic acids is 1. The Morgan fingerprint density at radius 3 is 2.81 bits per heavy atom. The smallest absolute Gasteiger partial charge is 0.227 e. The molecule has 1 spiro atoms. The van der Waals surface area contributed by atoms with Crippen molar-refractivity contribution in [1.82, 2.24) is 24.6 Å². The van der Waals surface area contributed by atoms with Gasteiger partial charge >= 0.3 is 0 Å². The van der Waals surface area contributed by atoms with Crippen molar-refractivity contribution in [2.45, 2.75) is 51.4 Å². The van der Waals surface area contributed by atoms with E-state index >= 15 is 0 Å². The predicted octanol–water partition coefficient (Wildman–Crippen LogP) is 2.91. The fourth-order valence-electron chi connectivity index (χ4n) is 5.31. The summed E-state index contributed by atoms with van der Waals surface area (Å²) in [5.41, 5.74) is 12.0. The number of likely N-dealkylation sites (tertiary alicyclic amines) is 1. The van der Waals surface area contributed by atoms with Crippen LogP contribution >= 0.6 is 0 Å². The lowest BCUT2D eigenvalue weighted by Crippen LogP contribution is -2.48. The van der Waals surface area contributed by atoms with E-state index in [0.29, 0.717) is 18.9 Å². The number of anilines is 1. The Balaban J connectivity index is 1.38. The number of nitrogen functional groups attached to an aromatic ring is 1. The molecule has 0 radical (unpaired) electrons. The van der Waals surface area contributed by atoms with E-state index in [4.69, 9.17) is 10.8 Å². The Morgan fingerprint density at radius 1 is 1.19 bits per heavy atom. The molecule has 7 heteroatoms. The van der Waals surface area contributed by atoms with Gasteiger partial charge in [-0.2, -0.15) is 5.10 Å². The molecule has 1 saturated heterocycles. The SMILES string of the molecule is Cc1nn(-c2ccccc2)c(C)c1CC(=O)N1CCCC2(CCc3cnc(N)nc32)C1. The molecule has 1 atom stereocenters. The van der Waals surface area contributed by atoms with E-state index in [9.17, 15) is 4.79 Å². The van der Waals surface area contributed by atoms with E-state index in [1.165, 1.54) is 5.56 Å². The second-order valence-corrected chi connectivity index (χ2v) is 8.87. The number of fused-ring (bicyclic) bond motifs is 2. The molecule has 3 heterocycles. The standard InChI is InChI=1S/C24H28N6O/c1-16-20(17(2)30(28-16)19-7-4-3-5-8-19)13-21(31)29-12-6-10-24(15-29)11-9-18-14-26-23(25)27-22(18)24/h3-5,7-8,14H,6,9-13,15H2,1-2H3,(H2,25,26,27). The lowest BCUT2D eigenvalue weighted by molar-refractivity contribution is -0.132. The van der Waals surface area contributed by atoms with E-state index in [-0.39, 0.29) is 11.3 Å². The van der Waals surface area contributed by atoms with Gasteiger partial charge in [0.05, 0.1) is 23.5 Å². The van der Waals surface area contributed by atoms with Gasteiger partial charge in [0, 0.05) is 36.0 Å². The Kier molecular flexibility index (Phi) is 4.76. The van der Waals surface area contributed by atoms with Crippen molar-refractivity contribution in [2.24, 2.45) is 0 Å².